The molecule has 0 spiro atoms. The van der Waals surface area contributed by atoms with Gasteiger partial charge in [-0.1, -0.05) is 22.0 Å². The van der Waals surface area contributed by atoms with E-state index in [-0.39, 0.29) is 5.78 Å². The van der Waals surface area contributed by atoms with Crippen LogP contribution in [0.2, 0.25) is 0 Å². The summed E-state index contributed by atoms with van der Waals surface area (Å²) >= 11 is 3.39. The van der Waals surface area contributed by atoms with Crippen molar-refractivity contribution in [3.8, 4) is 0 Å². The molecule has 0 N–H and O–H groups in total. The normalized spacial score (nSPS) is 10.5. The number of aromatic nitrogens is 2. The highest BCUT2D eigenvalue weighted by molar-refractivity contribution is 9.10. The van der Waals surface area contributed by atoms with Crippen molar-refractivity contribution >= 4 is 21.7 Å². The molecule has 0 aliphatic rings. The predicted octanol–water partition coefficient (Wildman–Crippen LogP) is 3.20. The molecule has 2 rings (SSSR count). The molecule has 4 heteroatoms. The number of aryl methyl sites for hydroxylation is 2. The molecule has 0 aliphatic carbocycles. The minimum atomic E-state index is 0.0168. The number of halogens is 1. The summed E-state index contributed by atoms with van der Waals surface area (Å²) < 4.78 is 2.62. The zero-order chi connectivity index (χ0) is 12.4. The van der Waals surface area contributed by atoms with Gasteiger partial charge in [0, 0.05) is 22.8 Å². The van der Waals surface area contributed by atoms with E-state index in [4.69, 9.17) is 0 Å². The first-order valence-electron chi connectivity index (χ1n) is 5.46. The molecule has 0 aliphatic heterocycles. The lowest BCUT2D eigenvalue weighted by atomic mass is 10.0. The first-order valence-corrected chi connectivity index (χ1v) is 6.25. The second kappa shape index (κ2) is 4.84. The lowest BCUT2D eigenvalue weighted by molar-refractivity contribution is 0.102. The summed E-state index contributed by atoms with van der Waals surface area (Å²) in [4.78, 5) is 12.4. The molecule has 0 amide bonds. The van der Waals surface area contributed by atoms with Gasteiger partial charge in [-0.25, -0.2) is 0 Å². The van der Waals surface area contributed by atoms with Crippen molar-refractivity contribution in [2.45, 2.75) is 20.4 Å². The maximum Gasteiger partial charge on any atom is 0.211 e. The van der Waals surface area contributed by atoms with Crippen LogP contribution in [0.25, 0.3) is 0 Å². The Morgan fingerprint density at radius 2 is 2.18 bits per heavy atom. The molecule has 0 saturated heterocycles. The quantitative estimate of drug-likeness (QED) is 0.814. The van der Waals surface area contributed by atoms with Crippen molar-refractivity contribution in [1.29, 1.82) is 0 Å². The van der Waals surface area contributed by atoms with E-state index in [1.165, 1.54) is 0 Å². The first-order chi connectivity index (χ1) is 8.13. The zero-order valence-electron chi connectivity index (χ0n) is 9.77. The van der Waals surface area contributed by atoms with Gasteiger partial charge in [-0.05, 0) is 37.6 Å². The molecule has 0 fully saturated rings. The number of rotatable bonds is 3. The summed E-state index contributed by atoms with van der Waals surface area (Å²) in [6.07, 6.45) is 1.66. The Morgan fingerprint density at radius 3 is 2.88 bits per heavy atom. The summed E-state index contributed by atoms with van der Waals surface area (Å²) in [6, 6.07) is 7.48. The fourth-order valence-electron chi connectivity index (χ4n) is 1.75. The maximum absolute atomic E-state index is 12.4. The smallest absolute Gasteiger partial charge is 0.211 e. The molecule has 17 heavy (non-hydrogen) atoms. The largest absolute Gasteiger partial charge is 0.287 e. The predicted molar refractivity (Wildman–Crippen MR) is 70.2 cm³/mol. The first kappa shape index (κ1) is 12.0. The summed E-state index contributed by atoms with van der Waals surface area (Å²) in [5.74, 6) is 0.0168. The molecule has 88 valence electrons. The van der Waals surface area contributed by atoms with E-state index >= 15 is 0 Å². The highest BCUT2D eigenvalue weighted by Crippen LogP contribution is 2.19. The van der Waals surface area contributed by atoms with Crippen LogP contribution in [-0.2, 0) is 6.54 Å². The van der Waals surface area contributed by atoms with Gasteiger partial charge in [0.1, 0.15) is 5.69 Å². The molecule has 0 unspecified atom stereocenters. The lowest BCUT2D eigenvalue weighted by Crippen LogP contribution is -2.11. The van der Waals surface area contributed by atoms with Crippen molar-refractivity contribution in [2.75, 3.05) is 0 Å². The summed E-state index contributed by atoms with van der Waals surface area (Å²) in [5, 5.41) is 4.12. The lowest BCUT2D eigenvalue weighted by Gasteiger charge is -2.07. The van der Waals surface area contributed by atoms with Crippen molar-refractivity contribution in [3.63, 3.8) is 0 Å². The molecular weight excluding hydrogens is 280 g/mol. The molecule has 0 atom stereocenters. The van der Waals surface area contributed by atoms with Crippen LogP contribution < -0.4 is 0 Å². The number of carbonyl (C=O) groups is 1. The molecular formula is C13H13BrN2O. The Hall–Kier alpha value is -1.42. The van der Waals surface area contributed by atoms with Crippen LogP contribution in [0.15, 0.2) is 34.9 Å². The highest BCUT2D eigenvalue weighted by atomic mass is 79.9. The second-order valence-electron chi connectivity index (χ2n) is 3.82. The monoisotopic (exact) mass is 292 g/mol. The standard InChI is InChI=1S/C13H13BrN2O/c1-3-16-12(6-7-15-16)13(17)11-8-10(14)5-4-9(11)2/h4-8H,3H2,1-2H3. The van der Waals surface area contributed by atoms with E-state index in [2.05, 4.69) is 21.0 Å². The van der Waals surface area contributed by atoms with Crippen molar-refractivity contribution in [2.24, 2.45) is 0 Å². The number of benzene rings is 1. The van der Waals surface area contributed by atoms with Gasteiger partial charge in [0.25, 0.3) is 0 Å². The fraction of sp³-hybridized carbons (Fsp3) is 0.231. The van der Waals surface area contributed by atoms with E-state index in [0.29, 0.717) is 12.2 Å². The van der Waals surface area contributed by atoms with Gasteiger partial charge in [-0.3, -0.25) is 9.48 Å². The minimum Gasteiger partial charge on any atom is -0.287 e. The third-order valence-corrected chi connectivity index (χ3v) is 3.19. The topological polar surface area (TPSA) is 34.9 Å². The Labute approximate surface area is 109 Å². The molecule has 1 aromatic carbocycles. The van der Waals surface area contributed by atoms with Gasteiger partial charge in [-0.2, -0.15) is 5.10 Å². The molecule has 0 bridgehead atoms. The number of hydrogen-bond donors (Lipinski definition) is 0. The minimum absolute atomic E-state index is 0.0168. The summed E-state index contributed by atoms with van der Waals surface area (Å²) in [7, 11) is 0. The number of nitrogens with zero attached hydrogens (tertiary/aromatic N) is 2. The van der Waals surface area contributed by atoms with Crippen LogP contribution >= 0.6 is 15.9 Å². The Balaban J connectivity index is 2.47. The van der Waals surface area contributed by atoms with Crippen LogP contribution in [0.3, 0.4) is 0 Å². The Morgan fingerprint density at radius 1 is 1.41 bits per heavy atom. The Kier molecular flexibility index (Phi) is 3.43. The van der Waals surface area contributed by atoms with Gasteiger partial charge in [-0.15, -0.1) is 0 Å². The molecule has 0 saturated carbocycles. The third kappa shape index (κ3) is 2.31. The summed E-state index contributed by atoms with van der Waals surface area (Å²) in [5.41, 5.74) is 2.32. The van der Waals surface area contributed by atoms with E-state index in [9.17, 15) is 4.79 Å². The molecule has 1 aromatic heterocycles. The van der Waals surface area contributed by atoms with E-state index in [0.717, 1.165) is 15.6 Å². The van der Waals surface area contributed by atoms with Crippen molar-refractivity contribution in [3.05, 3.63) is 51.8 Å². The van der Waals surface area contributed by atoms with Gasteiger partial charge in [0.15, 0.2) is 0 Å². The van der Waals surface area contributed by atoms with E-state index in [1.807, 2.05) is 32.0 Å². The van der Waals surface area contributed by atoms with Crippen LogP contribution in [0.4, 0.5) is 0 Å². The summed E-state index contributed by atoms with van der Waals surface area (Å²) in [6.45, 7) is 4.60. The number of hydrogen-bond acceptors (Lipinski definition) is 2. The van der Waals surface area contributed by atoms with Crippen molar-refractivity contribution in [1.82, 2.24) is 9.78 Å². The highest BCUT2D eigenvalue weighted by Gasteiger charge is 2.15. The molecule has 3 nitrogen and oxygen atoms in total. The second-order valence-corrected chi connectivity index (χ2v) is 4.74. The number of carbonyl (C=O) groups excluding carboxylic acids is 1. The van der Waals surface area contributed by atoms with Crippen LogP contribution in [-0.4, -0.2) is 15.6 Å². The van der Waals surface area contributed by atoms with E-state index in [1.54, 1.807) is 16.9 Å². The van der Waals surface area contributed by atoms with Gasteiger partial charge in [0.2, 0.25) is 5.78 Å². The SMILES string of the molecule is CCn1nccc1C(=O)c1cc(Br)ccc1C. The average Bonchev–Trinajstić information content (AvgIpc) is 2.79. The molecule has 0 radical (unpaired) electrons. The Bertz CT molecular complexity index is 560. The fourth-order valence-corrected chi connectivity index (χ4v) is 2.12. The van der Waals surface area contributed by atoms with Crippen LogP contribution in [0.1, 0.15) is 28.5 Å². The molecule has 2 aromatic rings. The van der Waals surface area contributed by atoms with Crippen LogP contribution in [0.5, 0.6) is 0 Å². The number of ketones is 1. The average molecular weight is 293 g/mol. The van der Waals surface area contributed by atoms with E-state index < -0.39 is 0 Å². The maximum atomic E-state index is 12.4. The van der Waals surface area contributed by atoms with Gasteiger partial charge < -0.3 is 0 Å². The third-order valence-electron chi connectivity index (χ3n) is 2.69. The van der Waals surface area contributed by atoms with Gasteiger partial charge >= 0.3 is 0 Å². The van der Waals surface area contributed by atoms with Crippen molar-refractivity contribution < 1.29 is 4.79 Å². The molecule has 1 heterocycles. The van der Waals surface area contributed by atoms with Gasteiger partial charge in [0.05, 0.1) is 0 Å². The zero-order valence-corrected chi connectivity index (χ0v) is 11.4. The van der Waals surface area contributed by atoms with Crippen LogP contribution in [0, 0.1) is 6.92 Å².